The van der Waals surface area contributed by atoms with Crippen molar-refractivity contribution in [3.8, 4) is 5.75 Å². The smallest absolute Gasteiger partial charge is 0.229 e. The summed E-state index contributed by atoms with van der Waals surface area (Å²) < 4.78 is 5.69. The van der Waals surface area contributed by atoms with Gasteiger partial charge >= 0.3 is 0 Å². The van der Waals surface area contributed by atoms with E-state index in [4.69, 9.17) is 4.74 Å². The fourth-order valence-corrected chi connectivity index (χ4v) is 6.36. The average Bonchev–Trinajstić information content (AvgIpc) is 3.20. The van der Waals surface area contributed by atoms with Gasteiger partial charge in [-0.25, -0.2) is 0 Å². The first-order valence-corrected chi connectivity index (χ1v) is 14.0. The molecule has 5 unspecified atom stereocenters. The number of carbonyl (C=O) groups is 3. The molecule has 0 amide bonds. The van der Waals surface area contributed by atoms with Crippen molar-refractivity contribution in [2.45, 2.75) is 73.1 Å². The maximum Gasteiger partial charge on any atom is 0.229 e. The summed E-state index contributed by atoms with van der Waals surface area (Å²) in [6, 6.07) is 3.71. The first-order valence-electron chi connectivity index (χ1n) is 14.0. The monoisotopic (exact) mass is 502 g/mol. The van der Waals surface area contributed by atoms with Gasteiger partial charge in [-0.2, -0.15) is 0 Å². The lowest BCUT2D eigenvalue weighted by molar-refractivity contribution is -0.135. The van der Waals surface area contributed by atoms with E-state index in [-0.39, 0.29) is 29.5 Å². The Balaban J connectivity index is 1.58. The summed E-state index contributed by atoms with van der Waals surface area (Å²) in [4.78, 5) is 39.5. The Hall–Kier alpha value is -2.75. The van der Waals surface area contributed by atoms with Crippen molar-refractivity contribution in [2.24, 2.45) is 35.5 Å². The predicted octanol–water partition coefficient (Wildman–Crippen LogP) is 7.38. The summed E-state index contributed by atoms with van der Waals surface area (Å²) in [5.74, 6) is 1.20. The normalized spacial score (nSPS) is 29.0. The molecule has 0 bridgehead atoms. The first kappa shape index (κ1) is 27.3. The third-order valence-corrected chi connectivity index (χ3v) is 8.84. The average molecular weight is 503 g/mol. The van der Waals surface area contributed by atoms with Crippen molar-refractivity contribution >= 4 is 22.9 Å². The fourth-order valence-electron chi connectivity index (χ4n) is 6.36. The second-order valence-electron chi connectivity index (χ2n) is 12.1. The lowest BCUT2D eigenvalue weighted by Crippen LogP contribution is -2.34. The van der Waals surface area contributed by atoms with E-state index in [0.29, 0.717) is 40.2 Å². The van der Waals surface area contributed by atoms with Crippen LogP contribution in [-0.2, 0) is 9.59 Å². The highest BCUT2D eigenvalue weighted by molar-refractivity contribution is 6.54. The van der Waals surface area contributed by atoms with Crippen LogP contribution in [-0.4, -0.2) is 24.5 Å². The van der Waals surface area contributed by atoms with Crippen molar-refractivity contribution in [1.29, 1.82) is 0 Å². The number of benzene rings is 1. The van der Waals surface area contributed by atoms with Crippen molar-refractivity contribution in [3.63, 3.8) is 0 Å². The van der Waals surface area contributed by atoms with Crippen LogP contribution in [0, 0.1) is 35.5 Å². The van der Waals surface area contributed by atoms with Gasteiger partial charge in [0.25, 0.3) is 0 Å². The number of hydrogen-bond acceptors (Lipinski definition) is 4. The van der Waals surface area contributed by atoms with Gasteiger partial charge in [0.1, 0.15) is 5.75 Å². The van der Waals surface area contributed by atoms with Gasteiger partial charge in [-0.3, -0.25) is 14.4 Å². The number of ketones is 3. The standard InChI is InChI=1S/C33H42O4/c1-18(2)31(34)33(36)28-14-22(6)25-17-30(37-7)29(16-27(25)28)32(35)26-13-20(4)24(12-21(26)5)15-23-10-8-19(3)9-11-23/h8,10-11,14,16-22,24,26H,9,12-13,15H2,1-7H3/t19?,20-,21?,22?,24?,26?/m1/s1. The van der Waals surface area contributed by atoms with Crippen LogP contribution in [0.15, 0.2) is 42.0 Å². The van der Waals surface area contributed by atoms with Gasteiger partial charge in [0, 0.05) is 23.3 Å². The molecule has 1 fully saturated rings. The molecule has 4 rings (SSSR count). The molecule has 1 aromatic rings. The van der Waals surface area contributed by atoms with Gasteiger partial charge in [-0.05, 0) is 72.6 Å². The van der Waals surface area contributed by atoms with Gasteiger partial charge in [0.15, 0.2) is 5.78 Å². The van der Waals surface area contributed by atoms with Crippen molar-refractivity contribution < 1.29 is 19.1 Å². The Morgan fingerprint density at radius 3 is 2.38 bits per heavy atom. The van der Waals surface area contributed by atoms with Crippen LogP contribution in [0.1, 0.15) is 94.6 Å². The zero-order chi connectivity index (χ0) is 27.0. The van der Waals surface area contributed by atoms with Gasteiger partial charge in [-0.15, -0.1) is 0 Å². The zero-order valence-corrected chi connectivity index (χ0v) is 23.5. The Morgan fingerprint density at radius 1 is 1.03 bits per heavy atom. The SMILES string of the molecule is COc1cc2c(cc1C(=O)C1C[C@@H](C)C(CC3=CCC(C)C=C3)CC1C)C(C(=O)C(=O)C(C)C)=CC2C. The van der Waals surface area contributed by atoms with Crippen LogP contribution < -0.4 is 4.74 Å². The molecule has 0 heterocycles. The number of ether oxygens (including phenoxy) is 1. The van der Waals surface area contributed by atoms with E-state index in [2.05, 4.69) is 39.0 Å². The summed E-state index contributed by atoms with van der Waals surface area (Å²) in [7, 11) is 1.59. The van der Waals surface area contributed by atoms with Gasteiger partial charge in [-0.1, -0.05) is 71.4 Å². The number of hydrogen-bond donors (Lipinski definition) is 0. The van der Waals surface area contributed by atoms with E-state index in [1.807, 2.05) is 25.1 Å². The largest absolute Gasteiger partial charge is 0.496 e. The molecule has 4 nitrogen and oxygen atoms in total. The van der Waals surface area contributed by atoms with Crippen LogP contribution in [0.4, 0.5) is 0 Å². The van der Waals surface area contributed by atoms with Crippen molar-refractivity contribution in [2.75, 3.05) is 7.11 Å². The molecular formula is C33H42O4. The molecule has 3 aliphatic carbocycles. The van der Waals surface area contributed by atoms with Gasteiger partial charge in [0.2, 0.25) is 11.6 Å². The molecule has 0 spiro atoms. The van der Waals surface area contributed by atoms with Crippen LogP contribution in [0.3, 0.4) is 0 Å². The lowest BCUT2D eigenvalue weighted by atomic mass is 9.65. The van der Waals surface area contributed by atoms with Gasteiger partial charge < -0.3 is 4.74 Å². The first-order chi connectivity index (χ1) is 17.5. The Bertz CT molecular complexity index is 1180. The minimum atomic E-state index is -0.466. The highest BCUT2D eigenvalue weighted by atomic mass is 16.5. The van der Waals surface area contributed by atoms with E-state index in [1.165, 1.54) is 5.57 Å². The molecule has 3 aliphatic rings. The molecule has 0 N–H and O–H groups in total. The topological polar surface area (TPSA) is 60.4 Å². The Morgan fingerprint density at radius 2 is 1.76 bits per heavy atom. The Labute approximate surface area is 222 Å². The molecule has 6 atom stereocenters. The molecular weight excluding hydrogens is 460 g/mol. The number of Topliss-reactive ketones (excluding diaryl/α,β-unsaturated/α-hetero) is 3. The molecule has 4 heteroatoms. The minimum absolute atomic E-state index is 0.0209. The highest BCUT2D eigenvalue weighted by Gasteiger charge is 2.39. The molecule has 0 saturated heterocycles. The third-order valence-electron chi connectivity index (χ3n) is 8.84. The Kier molecular flexibility index (Phi) is 8.06. The van der Waals surface area contributed by atoms with Crippen molar-refractivity contribution in [1.82, 2.24) is 0 Å². The summed E-state index contributed by atoms with van der Waals surface area (Å²) in [6.07, 6.45) is 12.9. The second kappa shape index (κ2) is 10.9. The van der Waals surface area contributed by atoms with E-state index < -0.39 is 11.6 Å². The number of carbonyl (C=O) groups excluding carboxylic acids is 3. The maximum absolute atomic E-state index is 14.0. The molecule has 1 saturated carbocycles. The molecule has 0 radical (unpaired) electrons. The predicted molar refractivity (Wildman–Crippen MR) is 149 cm³/mol. The maximum atomic E-state index is 14.0. The van der Waals surface area contributed by atoms with E-state index in [1.54, 1.807) is 21.0 Å². The highest BCUT2D eigenvalue weighted by Crippen LogP contribution is 2.45. The minimum Gasteiger partial charge on any atom is -0.496 e. The van der Waals surface area contributed by atoms with E-state index >= 15 is 0 Å². The molecule has 198 valence electrons. The molecule has 0 aromatic heterocycles. The van der Waals surface area contributed by atoms with Crippen LogP contribution in [0.5, 0.6) is 5.75 Å². The molecule has 0 aliphatic heterocycles. The number of methoxy groups -OCH3 is 1. The number of rotatable bonds is 8. The molecule has 37 heavy (non-hydrogen) atoms. The lowest BCUT2D eigenvalue weighted by Gasteiger charge is -2.39. The van der Waals surface area contributed by atoms with Gasteiger partial charge in [0.05, 0.1) is 12.7 Å². The van der Waals surface area contributed by atoms with E-state index in [0.717, 1.165) is 31.2 Å². The zero-order valence-electron chi connectivity index (χ0n) is 23.5. The van der Waals surface area contributed by atoms with E-state index in [9.17, 15) is 14.4 Å². The molecule has 1 aromatic carbocycles. The third kappa shape index (κ3) is 5.44. The van der Waals surface area contributed by atoms with Crippen molar-refractivity contribution in [3.05, 3.63) is 58.7 Å². The summed E-state index contributed by atoms with van der Waals surface area (Å²) in [5, 5.41) is 0. The summed E-state index contributed by atoms with van der Waals surface area (Å²) >= 11 is 0. The second-order valence-corrected chi connectivity index (χ2v) is 12.1. The van der Waals surface area contributed by atoms with Crippen LogP contribution >= 0.6 is 0 Å². The summed E-state index contributed by atoms with van der Waals surface area (Å²) in [6.45, 7) is 12.2. The fraction of sp³-hybridized carbons (Fsp3) is 0.545. The van der Waals surface area contributed by atoms with Crippen LogP contribution in [0.2, 0.25) is 0 Å². The summed E-state index contributed by atoms with van der Waals surface area (Å²) in [5.41, 5.74) is 4.02. The number of allylic oxidation sites excluding steroid dienone is 6. The number of fused-ring (bicyclic) bond motifs is 1. The quantitative estimate of drug-likeness (QED) is 0.275. The van der Waals surface area contributed by atoms with Crippen LogP contribution in [0.25, 0.3) is 5.57 Å².